The van der Waals surface area contributed by atoms with E-state index in [1.54, 1.807) is 4.08 Å². The van der Waals surface area contributed by atoms with E-state index < -0.39 is 55.5 Å². The first-order valence-electron chi connectivity index (χ1n) is 7.31. The Hall–Kier alpha value is -0.830. The van der Waals surface area contributed by atoms with Crippen LogP contribution in [0.2, 0.25) is 0 Å². The van der Waals surface area contributed by atoms with Gasteiger partial charge in [0.1, 0.15) is 37.1 Å². The quantitative estimate of drug-likeness (QED) is 0.171. The Bertz CT molecular complexity index is 457. The van der Waals surface area contributed by atoms with Gasteiger partial charge in [0.2, 0.25) is 0 Å². The predicted octanol–water partition coefficient (Wildman–Crippen LogP) is -1.78. The molecule has 0 saturated carbocycles. The number of ether oxygens (including phenoxy) is 4. The molecule has 1 aliphatic rings. The van der Waals surface area contributed by atoms with Crippen LogP contribution in [0.5, 0.6) is 0 Å². The van der Waals surface area contributed by atoms with Crippen LogP contribution in [0.25, 0.3) is 0 Å². The fourth-order valence-corrected chi connectivity index (χ4v) is 2.55. The van der Waals surface area contributed by atoms with Crippen LogP contribution in [0, 0.1) is 0 Å². The van der Waals surface area contributed by atoms with Crippen LogP contribution < -0.4 is 0 Å². The lowest BCUT2D eigenvalue weighted by Crippen LogP contribution is -2.60. The predicted molar refractivity (Wildman–Crippen MR) is 89.4 cm³/mol. The summed E-state index contributed by atoms with van der Waals surface area (Å²) in [5.74, 6) is -0.593. The van der Waals surface area contributed by atoms with Gasteiger partial charge < -0.3 is 39.4 Å². The van der Waals surface area contributed by atoms with Gasteiger partial charge in [-0.2, -0.15) is 0 Å². The molecule has 25 heavy (non-hydrogen) atoms. The number of rotatable bonds is 9. The molecule has 0 aliphatic carbocycles. The third-order valence-electron chi connectivity index (χ3n) is 3.45. The summed E-state index contributed by atoms with van der Waals surface area (Å²) in [6, 6.07) is 0. The highest BCUT2D eigenvalue weighted by Crippen LogP contribution is 2.24. The maximum absolute atomic E-state index is 11.0. The minimum atomic E-state index is -1.62. The Kier molecular flexibility index (Phi) is 9.78. The Morgan fingerprint density at radius 2 is 1.96 bits per heavy atom. The number of hydrogen-bond donors (Lipinski definition) is 4. The number of esters is 1. The average molecular weight is 476 g/mol. The average Bonchev–Trinajstić information content (AvgIpc) is 2.58. The van der Waals surface area contributed by atoms with Gasteiger partial charge in [-0.1, -0.05) is 22.6 Å². The van der Waals surface area contributed by atoms with Crippen molar-refractivity contribution in [3.63, 3.8) is 0 Å². The Balaban J connectivity index is 2.89. The van der Waals surface area contributed by atoms with Crippen molar-refractivity contribution in [2.24, 2.45) is 0 Å². The van der Waals surface area contributed by atoms with E-state index in [-0.39, 0.29) is 13.1 Å². The van der Waals surface area contributed by atoms with Crippen molar-refractivity contribution >= 4 is 35.0 Å². The van der Waals surface area contributed by atoms with Gasteiger partial charge in [-0.3, -0.25) is 9.59 Å². The van der Waals surface area contributed by atoms with E-state index >= 15 is 0 Å². The van der Waals surface area contributed by atoms with Crippen molar-refractivity contribution in [3.05, 3.63) is 10.2 Å². The van der Waals surface area contributed by atoms with Gasteiger partial charge in [0.25, 0.3) is 6.47 Å². The largest absolute Gasteiger partial charge is 0.462 e. The van der Waals surface area contributed by atoms with Gasteiger partial charge in [0, 0.05) is 6.92 Å². The van der Waals surface area contributed by atoms with Gasteiger partial charge in [-0.05, 0) is 10.2 Å². The summed E-state index contributed by atoms with van der Waals surface area (Å²) in [7, 11) is 0. The molecule has 0 aromatic heterocycles. The minimum absolute atomic E-state index is 0.152. The summed E-state index contributed by atoms with van der Waals surface area (Å²) in [6.45, 7) is 0.412. The third kappa shape index (κ3) is 6.44. The van der Waals surface area contributed by atoms with Crippen LogP contribution >= 0.6 is 22.6 Å². The number of hydrogen-bond acceptors (Lipinski definition) is 10. The van der Waals surface area contributed by atoms with E-state index in [2.05, 4.69) is 0 Å². The highest BCUT2D eigenvalue weighted by Gasteiger charge is 2.45. The molecule has 7 atom stereocenters. The third-order valence-corrected chi connectivity index (χ3v) is 3.86. The summed E-state index contributed by atoms with van der Waals surface area (Å²) >= 11 is 1.88. The molecular formula is C14H21IO10. The van der Waals surface area contributed by atoms with Crippen LogP contribution in [-0.4, -0.2) is 89.0 Å². The maximum Gasteiger partial charge on any atom is 0.302 e. The number of carbonyl (C=O) groups is 2. The Morgan fingerprint density at radius 3 is 2.48 bits per heavy atom. The minimum Gasteiger partial charge on any atom is -0.462 e. The molecule has 4 N–H and O–H groups in total. The fraction of sp³-hybridized carbons (Fsp3) is 0.714. The smallest absolute Gasteiger partial charge is 0.302 e. The normalized spacial score (nSPS) is 32.2. The monoisotopic (exact) mass is 476 g/mol. The zero-order valence-corrected chi connectivity index (χ0v) is 15.5. The first-order valence-corrected chi connectivity index (χ1v) is 8.55. The second kappa shape index (κ2) is 11.0. The number of aliphatic hydroxyl groups excluding tert-OH is 4. The van der Waals surface area contributed by atoms with Crippen LogP contribution in [0.15, 0.2) is 10.2 Å². The van der Waals surface area contributed by atoms with E-state index in [9.17, 15) is 30.0 Å². The molecule has 0 bridgehead atoms. The van der Waals surface area contributed by atoms with Crippen molar-refractivity contribution in [2.75, 3.05) is 13.2 Å². The molecule has 1 heterocycles. The standard InChI is InChI=1S/C14H21IO10/c1-7(18)22-5-10(23-6-17)8(2-3-15)24-14-13(21)12(20)11(19)9(4-16)25-14/h2-3,6,8-14,16,19-21H,4-5H2,1H3/b3-2-/t8-,9+,10+,11-,12-,13+,14+/m0/s1. The fourth-order valence-electron chi connectivity index (χ4n) is 2.15. The highest BCUT2D eigenvalue weighted by atomic mass is 127. The number of aliphatic hydroxyl groups is 4. The summed E-state index contributed by atoms with van der Waals surface area (Å²) in [4.78, 5) is 21.6. The van der Waals surface area contributed by atoms with Crippen molar-refractivity contribution < 1.29 is 49.0 Å². The zero-order valence-electron chi connectivity index (χ0n) is 13.3. The molecule has 0 unspecified atom stereocenters. The molecule has 1 rings (SSSR count). The van der Waals surface area contributed by atoms with E-state index in [0.29, 0.717) is 0 Å². The van der Waals surface area contributed by atoms with E-state index in [4.69, 9.17) is 18.9 Å². The van der Waals surface area contributed by atoms with Gasteiger partial charge >= 0.3 is 5.97 Å². The molecule has 0 spiro atoms. The number of halogens is 1. The van der Waals surface area contributed by atoms with Gasteiger partial charge in [-0.25, -0.2) is 0 Å². The van der Waals surface area contributed by atoms with E-state index in [0.717, 1.165) is 0 Å². The molecule has 10 nitrogen and oxygen atoms in total. The lowest BCUT2D eigenvalue weighted by molar-refractivity contribution is -0.313. The van der Waals surface area contributed by atoms with Crippen LogP contribution in [-0.2, 0) is 28.5 Å². The van der Waals surface area contributed by atoms with Crippen LogP contribution in [0.1, 0.15) is 6.92 Å². The molecule has 11 heteroatoms. The number of carbonyl (C=O) groups excluding carboxylic acids is 2. The molecule has 1 fully saturated rings. The SMILES string of the molecule is CC(=O)OC[C@@H](OC=O)[C@H](/C=C\I)O[C@@H]1O[C@H](CO)[C@H](O)[C@H](O)[C@H]1O. The topological polar surface area (TPSA) is 152 Å². The molecule has 1 saturated heterocycles. The molecule has 1 aliphatic heterocycles. The van der Waals surface area contributed by atoms with Crippen molar-refractivity contribution in [1.29, 1.82) is 0 Å². The Morgan fingerprint density at radius 1 is 1.28 bits per heavy atom. The van der Waals surface area contributed by atoms with Crippen LogP contribution in [0.4, 0.5) is 0 Å². The summed E-state index contributed by atoms with van der Waals surface area (Å²) in [6.07, 6.45) is -7.91. The molecule has 0 amide bonds. The lowest BCUT2D eigenvalue weighted by atomic mass is 9.99. The van der Waals surface area contributed by atoms with Crippen LogP contribution in [0.3, 0.4) is 0 Å². The second-order valence-electron chi connectivity index (χ2n) is 5.19. The summed E-state index contributed by atoms with van der Waals surface area (Å²) in [5, 5.41) is 38.7. The summed E-state index contributed by atoms with van der Waals surface area (Å²) in [5.41, 5.74) is 0. The van der Waals surface area contributed by atoms with Gasteiger partial charge in [0.15, 0.2) is 12.4 Å². The van der Waals surface area contributed by atoms with Crippen molar-refractivity contribution in [2.45, 2.75) is 49.8 Å². The van der Waals surface area contributed by atoms with Crippen molar-refractivity contribution in [3.8, 4) is 0 Å². The van der Waals surface area contributed by atoms with E-state index in [1.165, 1.54) is 13.0 Å². The maximum atomic E-state index is 11.0. The van der Waals surface area contributed by atoms with E-state index in [1.807, 2.05) is 22.6 Å². The first-order chi connectivity index (χ1) is 11.8. The zero-order chi connectivity index (χ0) is 19.0. The van der Waals surface area contributed by atoms with Crippen molar-refractivity contribution in [1.82, 2.24) is 0 Å². The molecule has 0 radical (unpaired) electrons. The highest BCUT2D eigenvalue weighted by molar-refractivity contribution is 14.1. The molecular weight excluding hydrogens is 455 g/mol. The molecule has 144 valence electrons. The van der Waals surface area contributed by atoms with Gasteiger partial charge in [-0.15, -0.1) is 0 Å². The second-order valence-corrected chi connectivity index (χ2v) is 5.91. The lowest BCUT2D eigenvalue weighted by Gasteiger charge is -2.41. The van der Waals surface area contributed by atoms with Gasteiger partial charge in [0.05, 0.1) is 6.61 Å². The molecule has 0 aromatic rings. The summed E-state index contributed by atoms with van der Waals surface area (Å²) < 4.78 is 22.0. The molecule has 0 aromatic carbocycles. The first kappa shape index (κ1) is 22.2. The Labute approximate surface area is 157 Å².